The molecule has 0 aliphatic carbocycles. The number of benzene rings is 2. The summed E-state index contributed by atoms with van der Waals surface area (Å²) in [6.07, 6.45) is 16.6. The zero-order valence-electron chi connectivity index (χ0n) is 22.8. The first kappa shape index (κ1) is 27.7. The largest absolute Gasteiger partial charge is 0.0654 e. The molecule has 0 aliphatic heterocycles. The number of aryl methyl sites for hydroxylation is 4. The van der Waals surface area contributed by atoms with Crippen LogP contribution in [0.25, 0.3) is 0 Å². The summed E-state index contributed by atoms with van der Waals surface area (Å²) in [4.78, 5) is 0. The van der Waals surface area contributed by atoms with E-state index in [0.717, 1.165) is 31.6 Å². The Bertz CT molecular complexity index is 755. The molecule has 0 heteroatoms. The third kappa shape index (κ3) is 9.30. The van der Waals surface area contributed by atoms with E-state index in [4.69, 9.17) is 0 Å². The molecule has 0 saturated carbocycles. The lowest BCUT2D eigenvalue weighted by atomic mass is 9.79. The maximum Gasteiger partial charge on any atom is -0.0159 e. The highest BCUT2D eigenvalue weighted by Crippen LogP contribution is 2.34. The summed E-state index contributed by atoms with van der Waals surface area (Å²) in [5, 5.41) is 0. The van der Waals surface area contributed by atoms with Crippen molar-refractivity contribution in [3.63, 3.8) is 0 Å². The minimum absolute atomic E-state index is 0.702. The predicted molar refractivity (Wildman–Crippen MR) is 149 cm³/mol. The third-order valence-electron chi connectivity index (χ3n) is 7.56. The second kappa shape index (κ2) is 15.4. The van der Waals surface area contributed by atoms with Gasteiger partial charge in [0.2, 0.25) is 0 Å². The van der Waals surface area contributed by atoms with Crippen LogP contribution in [0.4, 0.5) is 0 Å². The standard InChI is InChI=1S/C33H52/c1-7-13-15-16-30(22-31-20-26(9-3)18-27(10-4)21-31)25-32(17-14-8-2)33-23-28(11-5)19-29(12-6)24-33/h18-21,23-24,30,32H,7-17,22,25H2,1-6H3. The van der Waals surface area contributed by atoms with Crippen LogP contribution in [0.2, 0.25) is 0 Å². The molecule has 2 atom stereocenters. The van der Waals surface area contributed by atoms with E-state index >= 15 is 0 Å². The Morgan fingerprint density at radius 2 is 1.00 bits per heavy atom. The van der Waals surface area contributed by atoms with Crippen LogP contribution in [-0.2, 0) is 32.1 Å². The Hall–Kier alpha value is -1.56. The van der Waals surface area contributed by atoms with Crippen LogP contribution in [0.1, 0.15) is 132 Å². The van der Waals surface area contributed by atoms with Crippen molar-refractivity contribution >= 4 is 0 Å². The SMILES string of the molecule is CCCCCC(Cc1cc(CC)cc(CC)c1)CC(CCCC)c1cc(CC)cc(CC)c1. The molecule has 2 aromatic rings. The van der Waals surface area contributed by atoms with Crippen molar-refractivity contribution in [1.29, 1.82) is 0 Å². The fourth-order valence-electron chi connectivity index (χ4n) is 5.39. The average molecular weight is 449 g/mol. The first-order valence-corrected chi connectivity index (χ1v) is 14.3. The fourth-order valence-corrected chi connectivity index (χ4v) is 5.39. The molecule has 0 aromatic heterocycles. The Kier molecular flexibility index (Phi) is 12.9. The maximum absolute atomic E-state index is 2.54. The zero-order valence-corrected chi connectivity index (χ0v) is 22.8. The average Bonchev–Trinajstić information content (AvgIpc) is 2.85. The predicted octanol–water partition coefficient (Wildman–Crippen LogP) is 10.0. The van der Waals surface area contributed by atoms with Gasteiger partial charge in [0.05, 0.1) is 0 Å². The van der Waals surface area contributed by atoms with Crippen molar-refractivity contribution < 1.29 is 0 Å². The Morgan fingerprint density at radius 1 is 0.515 bits per heavy atom. The Balaban J connectivity index is 2.32. The summed E-state index contributed by atoms with van der Waals surface area (Å²) < 4.78 is 0. The van der Waals surface area contributed by atoms with Gasteiger partial charge in [0.25, 0.3) is 0 Å². The highest BCUT2D eigenvalue weighted by Gasteiger charge is 2.20. The molecule has 184 valence electrons. The molecular formula is C33H52. The van der Waals surface area contributed by atoms with Crippen LogP contribution in [0, 0.1) is 5.92 Å². The van der Waals surface area contributed by atoms with E-state index in [1.54, 1.807) is 11.1 Å². The molecule has 0 fully saturated rings. The van der Waals surface area contributed by atoms with Crippen molar-refractivity contribution in [3.8, 4) is 0 Å². The normalized spacial score (nSPS) is 13.3. The van der Waals surface area contributed by atoms with Gasteiger partial charge >= 0.3 is 0 Å². The minimum Gasteiger partial charge on any atom is -0.0654 e. The second-order valence-corrected chi connectivity index (χ2v) is 10.3. The van der Waals surface area contributed by atoms with Crippen LogP contribution in [0.15, 0.2) is 36.4 Å². The maximum atomic E-state index is 2.54. The quantitative estimate of drug-likeness (QED) is 0.224. The summed E-state index contributed by atoms with van der Waals surface area (Å²) in [5.74, 6) is 1.49. The van der Waals surface area contributed by atoms with Crippen molar-refractivity contribution in [2.45, 2.75) is 131 Å². The molecule has 33 heavy (non-hydrogen) atoms. The van der Waals surface area contributed by atoms with Gasteiger partial charge < -0.3 is 0 Å². The topological polar surface area (TPSA) is 0 Å². The fraction of sp³-hybridized carbons (Fsp3) is 0.636. The van der Waals surface area contributed by atoms with E-state index < -0.39 is 0 Å². The van der Waals surface area contributed by atoms with Crippen LogP contribution < -0.4 is 0 Å². The Morgan fingerprint density at radius 3 is 1.48 bits per heavy atom. The molecule has 0 nitrogen and oxygen atoms in total. The van der Waals surface area contributed by atoms with Gasteiger partial charge in [-0.1, -0.05) is 116 Å². The summed E-state index contributed by atoms with van der Waals surface area (Å²) in [5.41, 5.74) is 9.29. The molecule has 2 rings (SSSR count). The van der Waals surface area contributed by atoms with Gasteiger partial charge in [-0.25, -0.2) is 0 Å². The van der Waals surface area contributed by atoms with Crippen molar-refractivity contribution in [3.05, 3.63) is 69.8 Å². The van der Waals surface area contributed by atoms with Crippen molar-refractivity contribution in [1.82, 2.24) is 0 Å². The molecule has 2 unspecified atom stereocenters. The van der Waals surface area contributed by atoms with Crippen LogP contribution in [0.5, 0.6) is 0 Å². The third-order valence-corrected chi connectivity index (χ3v) is 7.56. The van der Waals surface area contributed by atoms with Crippen LogP contribution >= 0.6 is 0 Å². The molecule has 0 spiro atoms. The van der Waals surface area contributed by atoms with Gasteiger partial charge in [-0.3, -0.25) is 0 Å². The van der Waals surface area contributed by atoms with Crippen LogP contribution in [-0.4, -0.2) is 0 Å². The van der Waals surface area contributed by atoms with E-state index in [1.165, 1.54) is 80.0 Å². The van der Waals surface area contributed by atoms with Gasteiger partial charge in [-0.15, -0.1) is 0 Å². The van der Waals surface area contributed by atoms with E-state index in [1.807, 2.05) is 0 Å². The molecule has 0 radical (unpaired) electrons. The van der Waals surface area contributed by atoms with E-state index in [2.05, 4.69) is 77.9 Å². The first-order chi connectivity index (χ1) is 16.1. The summed E-state index contributed by atoms with van der Waals surface area (Å²) in [7, 11) is 0. The lowest BCUT2D eigenvalue weighted by molar-refractivity contribution is 0.375. The van der Waals surface area contributed by atoms with Crippen molar-refractivity contribution in [2.24, 2.45) is 5.92 Å². The zero-order chi connectivity index (χ0) is 24.1. The van der Waals surface area contributed by atoms with Gasteiger partial charge in [0, 0.05) is 0 Å². The molecular weight excluding hydrogens is 396 g/mol. The summed E-state index contributed by atoms with van der Waals surface area (Å²) >= 11 is 0. The highest BCUT2D eigenvalue weighted by molar-refractivity contribution is 5.33. The van der Waals surface area contributed by atoms with E-state index in [-0.39, 0.29) is 0 Å². The number of hydrogen-bond donors (Lipinski definition) is 0. The summed E-state index contributed by atoms with van der Waals surface area (Å²) in [6, 6.07) is 14.9. The van der Waals surface area contributed by atoms with Gasteiger partial charge in [0.1, 0.15) is 0 Å². The number of hydrogen-bond acceptors (Lipinski definition) is 0. The smallest absolute Gasteiger partial charge is 0.0159 e. The minimum atomic E-state index is 0.702. The van der Waals surface area contributed by atoms with E-state index in [9.17, 15) is 0 Å². The summed E-state index contributed by atoms with van der Waals surface area (Å²) in [6.45, 7) is 13.9. The molecule has 0 bridgehead atoms. The van der Waals surface area contributed by atoms with Gasteiger partial charge in [0.15, 0.2) is 0 Å². The molecule has 0 N–H and O–H groups in total. The number of rotatable bonds is 16. The lowest BCUT2D eigenvalue weighted by Crippen LogP contribution is -2.12. The van der Waals surface area contributed by atoms with Gasteiger partial charge in [-0.05, 0) is 90.2 Å². The van der Waals surface area contributed by atoms with Crippen LogP contribution in [0.3, 0.4) is 0 Å². The highest BCUT2D eigenvalue weighted by atomic mass is 14.2. The Labute approximate surface area is 206 Å². The van der Waals surface area contributed by atoms with Crippen molar-refractivity contribution in [2.75, 3.05) is 0 Å². The first-order valence-electron chi connectivity index (χ1n) is 14.3. The second-order valence-electron chi connectivity index (χ2n) is 10.3. The van der Waals surface area contributed by atoms with Gasteiger partial charge in [-0.2, -0.15) is 0 Å². The number of unbranched alkanes of at least 4 members (excludes halogenated alkanes) is 3. The monoisotopic (exact) mass is 448 g/mol. The lowest BCUT2D eigenvalue weighted by Gasteiger charge is -2.26. The molecule has 0 saturated heterocycles. The molecule has 0 aliphatic rings. The molecule has 0 amide bonds. The molecule has 0 heterocycles. The van der Waals surface area contributed by atoms with E-state index in [0.29, 0.717) is 5.92 Å². The molecule has 2 aromatic carbocycles.